The molecule has 1 aliphatic heterocycles. The van der Waals surface area contributed by atoms with E-state index in [1.807, 2.05) is 11.8 Å². The maximum absolute atomic E-state index is 3.67. The van der Waals surface area contributed by atoms with Crippen molar-refractivity contribution in [3.05, 3.63) is 0 Å². The van der Waals surface area contributed by atoms with Crippen LogP contribution in [0.4, 0.5) is 0 Å². The van der Waals surface area contributed by atoms with E-state index in [1.165, 1.54) is 31.7 Å². The van der Waals surface area contributed by atoms with Crippen molar-refractivity contribution in [2.45, 2.75) is 45.2 Å². The van der Waals surface area contributed by atoms with Gasteiger partial charge in [-0.15, -0.1) is 0 Å². The average molecular weight is 230 g/mol. The molecular weight excluding hydrogens is 204 g/mol. The Hall–Kier alpha value is 0.270. The quantitative estimate of drug-likeness (QED) is 0.729. The summed E-state index contributed by atoms with van der Waals surface area (Å²) in [5, 5.41) is 3.67. The van der Waals surface area contributed by atoms with E-state index < -0.39 is 0 Å². The standard InChI is InChI=1S/C12H26N2S/c1-5-12(3)10-14(7-6-8-15-4)11(2)9-13-12/h11,13H,5-10H2,1-4H3. The third-order valence-electron chi connectivity index (χ3n) is 3.57. The molecule has 0 aromatic carbocycles. The average Bonchev–Trinajstić information content (AvgIpc) is 2.24. The molecule has 90 valence electrons. The predicted molar refractivity (Wildman–Crippen MR) is 70.7 cm³/mol. The highest BCUT2D eigenvalue weighted by molar-refractivity contribution is 7.98. The van der Waals surface area contributed by atoms with E-state index in [2.05, 4.69) is 37.2 Å². The Bertz CT molecular complexity index is 186. The molecule has 0 bridgehead atoms. The zero-order valence-corrected chi connectivity index (χ0v) is 11.5. The number of hydrogen-bond acceptors (Lipinski definition) is 3. The van der Waals surface area contributed by atoms with Crippen LogP contribution in [-0.4, -0.2) is 48.1 Å². The Labute approximate surface area is 99.2 Å². The lowest BCUT2D eigenvalue weighted by atomic mass is 9.94. The third kappa shape index (κ3) is 3.97. The summed E-state index contributed by atoms with van der Waals surface area (Å²) in [5.74, 6) is 1.29. The second kappa shape index (κ2) is 6.12. The molecule has 2 unspecified atom stereocenters. The van der Waals surface area contributed by atoms with Crippen molar-refractivity contribution >= 4 is 11.8 Å². The highest BCUT2D eigenvalue weighted by Gasteiger charge is 2.31. The lowest BCUT2D eigenvalue weighted by Gasteiger charge is -2.45. The second-order valence-electron chi connectivity index (χ2n) is 4.96. The molecule has 15 heavy (non-hydrogen) atoms. The molecule has 2 nitrogen and oxygen atoms in total. The summed E-state index contributed by atoms with van der Waals surface area (Å²) >= 11 is 1.95. The molecule has 1 fully saturated rings. The molecule has 1 rings (SSSR count). The van der Waals surface area contributed by atoms with Crippen molar-refractivity contribution in [1.82, 2.24) is 10.2 Å². The molecule has 1 aliphatic rings. The molecular formula is C12H26N2S. The van der Waals surface area contributed by atoms with Gasteiger partial charge < -0.3 is 5.32 Å². The van der Waals surface area contributed by atoms with Gasteiger partial charge >= 0.3 is 0 Å². The summed E-state index contributed by atoms with van der Waals surface area (Å²) in [6.45, 7) is 10.6. The van der Waals surface area contributed by atoms with Gasteiger partial charge in [-0.3, -0.25) is 4.90 Å². The Morgan fingerprint density at radius 1 is 1.53 bits per heavy atom. The summed E-state index contributed by atoms with van der Waals surface area (Å²) in [4.78, 5) is 2.65. The van der Waals surface area contributed by atoms with Gasteiger partial charge in [0.05, 0.1) is 0 Å². The molecule has 0 aliphatic carbocycles. The number of nitrogens with one attached hydrogen (secondary N) is 1. The van der Waals surface area contributed by atoms with Crippen molar-refractivity contribution in [1.29, 1.82) is 0 Å². The molecule has 1 heterocycles. The Kier molecular flexibility index (Phi) is 5.44. The molecule has 0 aromatic heterocycles. The van der Waals surface area contributed by atoms with Crippen LogP contribution in [0.25, 0.3) is 0 Å². The zero-order chi connectivity index (χ0) is 11.3. The van der Waals surface area contributed by atoms with Gasteiger partial charge in [-0.25, -0.2) is 0 Å². The minimum Gasteiger partial charge on any atom is -0.309 e. The van der Waals surface area contributed by atoms with Crippen molar-refractivity contribution < 1.29 is 0 Å². The highest BCUT2D eigenvalue weighted by Crippen LogP contribution is 2.18. The SMILES string of the molecule is CCC1(C)CN(CCCSC)C(C)CN1. The lowest BCUT2D eigenvalue weighted by Crippen LogP contribution is -2.61. The van der Waals surface area contributed by atoms with Crippen LogP contribution >= 0.6 is 11.8 Å². The van der Waals surface area contributed by atoms with Gasteiger partial charge in [-0.1, -0.05) is 6.92 Å². The van der Waals surface area contributed by atoms with Gasteiger partial charge in [0, 0.05) is 24.7 Å². The maximum Gasteiger partial charge on any atom is 0.0278 e. The minimum atomic E-state index is 0.339. The molecule has 0 spiro atoms. The van der Waals surface area contributed by atoms with E-state index in [0.717, 1.165) is 6.54 Å². The Balaban J connectivity index is 2.39. The van der Waals surface area contributed by atoms with Crippen molar-refractivity contribution in [2.24, 2.45) is 0 Å². The first-order chi connectivity index (χ1) is 7.11. The fourth-order valence-corrected chi connectivity index (χ4v) is 2.55. The number of hydrogen-bond donors (Lipinski definition) is 1. The maximum atomic E-state index is 3.67. The lowest BCUT2D eigenvalue weighted by molar-refractivity contribution is 0.0937. The van der Waals surface area contributed by atoms with Crippen molar-refractivity contribution in [2.75, 3.05) is 31.6 Å². The summed E-state index contributed by atoms with van der Waals surface area (Å²) in [5.41, 5.74) is 0.339. The van der Waals surface area contributed by atoms with Crippen LogP contribution in [0.1, 0.15) is 33.6 Å². The van der Waals surface area contributed by atoms with Crippen molar-refractivity contribution in [3.63, 3.8) is 0 Å². The third-order valence-corrected chi connectivity index (χ3v) is 4.27. The summed E-state index contributed by atoms with van der Waals surface area (Å²) in [7, 11) is 0. The summed E-state index contributed by atoms with van der Waals surface area (Å²) < 4.78 is 0. The van der Waals surface area contributed by atoms with Gasteiger partial charge in [-0.2, -0.15) is 11.8 Å². The van der Waals surface area contributed by atoms with Gasteiger partial charge in [0.2, 0.25) is 0 Å². The summed E-state index contributed by atoms with van der Waals surface area (Å²) in [6, 6.07) is 0.700. The number of nitrogens with zero attached hydrogens (tertiary/aromatic N) is 1. The van der Waals surface area contributed by atoms with Crippen LogP contribution in [0.2, 0.25) is 0 Å². The van der Waals surface area contributed by atoms with E-state index in [0.29, 0.717) is 11.6 Å². The van der Waals surface area contributed by atoms with Gasteiger partial charge in [0.15, 0.2) is 0 Å². The first-order valence-electron chi connectivity index (χ1n) is 6.09. The fraction of sp³-hybridized carbons (Fsp3) is 1.00. The molecule has 2 atom stereocenters. The topological polar surface area (TPSA) is 15.3 Å². The molecule has 0 radical (unpaired) electrons. The van der Waals surface area contributed by atoms with E-state index in [-0.39, 0.29) is 0 Å². The first kappa shape index (κ1) is 13.3. The highest BCUT2D eigenvalue weighted by atomic mass is 32.2. The number of thioether (sulfide) groups is 1. The Morgan fingerprint density at radius 2 is 2.27 bits per heavy atom. The minimum absolute atomic E-state index is 0.339. The molecule has 1 N–H and O–H groups in total. The van der Waals surface area contributed by atoms with Crippen LogP contribution in [0.15, 0.2) is 0 Å². The van der Waals surface area contributed by atoms with Crippen LogP contribution in [0.3, 0.4) is 0 Å². The number of rotatable bonds is 5. The smallest absolute Gasteiger partial charge is 0.0278 e. The van der Waals surface area contributed by atoms with Gasteiger partial charge in [-0.05, 0) is 45.2 Å². The molecule has 0 aromatic rings. The largest absolute Gasteiger partial charge is 0.309 e. The molecule has 0 amide bonds. The Morgan fingerprint density at radius 3 is 2.87 bits per heavy atom. The predicted octanol–water partition coefficient (Wildman–Crippen LogP) is 2.20. The summed E-state index contributed by atoms with van der Waals surface area (Å²) in [6.07, 6.45) is 4.74. The van der Waals surface area contributed by atoms with E-state index in [9.17, 15) is 0 Å². The normalized spacial score (nSPS) is 33.2. The molecule has 1 saturated heterocycles. The van der Waals surface area contributed by atoms with Crippen LogP contribution in [0.5, 0.6) is 0 Å². The van der Waals surface area contributed by atoms with E-state index >= 15 is 0 Å². The van der Waals surface area contributed by atoms with Gasteiger partial charge in [0.1, 0.15) is 0 Å². The fourth-order valence-electron chi connectivity index (χ4n) is 2.13. The van der Waals surface area contributed by atoms with Gasteiger partial charge in [0.25, 0.3) is 0 Å². The number of piperazine rings is 1. The first-order valence-corrected chi connectivity index (χ1v) is 7.48. The van der Waals surface area contributed by atoms with E-state index in [1.54, 1.807) is 0 Å². The zero-order valence-electron chi connectivity index (χ0n) is 10.7. The monoisotopic (exact) mass is 230 g/mol. The molecule has 0 saturated carbocycles. The van der Waals surface area contributed by atoms with E-state index in [4.69, 9.17) is 0 Å². The van der Waals surface area contributed by atoms with Crippen molar-refractivity contribution in [3.8, 4) is 0 Å². The van der Waals surface area contributed by atoms with Crippen LogP contribution < -0.4 is 5.32 Å². The van der Waals surface area contributed by atoms with Crippen LogP contribution in [0, 0.1) is 0 Å². The molecule has 3 heteroatoms. The second-order valence-corrected chi connectivity index (χ2v) is 5.95. The van der Waals surface area contributed by atoms with Crippen LogP contribution in [-0.2, 0) is 0 Å².